The summed E-state index contributed by atoms with van der Waals surface area (Å²) in [5, 5.41) is 0. The molecule has 64 valence electrons. The van der Waals surface area contributed by atoms with Crippen LogP contribution in [-0.4, -0.2) is 0 Å². The summed E-state index contributed by atoms with van der Waals surface area (Å²) in [5.74, 6) is 0. The Labute approximate surface area is 84.7 Å². The van der Waals surface area contributed by atoms with Crippen LogP contribution in [0.25, 0.3) is 0 Å². The highest BCUT2D eigenvalue weighted by atomic mass is 79.9. The van der Waals surface area contributed by atoms with Gasteiger partial charge in [0, 0.05) is 14.6 Å². The van der Waals surface area contributed by atoms with Crippen molar-refractivity contribution in [3.05, 3.63) is 35.4 Å². The molecule has 0 heterocycles. The smallest absolute Gasteiger partial charge is 0.0620 e. The lowest BCUT2D eigenvalue weighted by atomic mass is 10.1. The van der Waals surface area contributed by atoms with Crippen LogP contribution in [0.15, 0.2) is 24.3 Å². The molecule has 1 aliphatic carbocycles. The molecular weight excluding hydrogens is 250 g/mol. The van der Waals surface area contributed by atoms with E-state index < -0.39 is 0 Å². The van der Waals surface area contributed by atoms with Gasteiger partial charge in [-0.25, -0.2) is 0 Å². The summed E-state index contributed by atoms with van der Waals surface area (Å²) in [6.07, 6.45) is 2.68. The molecule has 0 amide bonds. The van der Waals surface area contributed by atoms with Crippen molar-refractivity contribution in [2.45, 2.75) is 18.5 Å². The van der Waals surface area contributed by atoms with E-state index in [1.54, 1.807) is 11.1 Å². The molecule has 0 aromatic heterocycles. The maximum absolute atomic E-state index is 3.75. The predicted octanol–water partition coefficient (Wildman–Crippen LogP) is 3.99. The Morgan fingerprint density at radius 1 is 1.42 bits per heavy atom. The highest BCUT2D eigenvalue weighted by Crippen LogP contribution is 2.67. The van der Waals surface area contributed by atoms with E-state index >= 15 is 0 Å². The predicted molar refractivity (Wildman–Crippen MR) is 64.5 cm³/mol. The van der Waals surface area contributed by atoms with Crippen LogP contribution in [0, 0.1) is 0 Å². The minimum Gasteiger partial charge on any atom is -0.0620 e. The average Bonchev–Trinajstić information content (AvgIpc) is 2.47. The summed E-state index contributed by atoms with van der Waals surface area (Å²) >= 11 is 3.75. The first-order valence-corrected chi connectivity index (χ1v) is 9.63. The van der Waals surface area contributed by atoms with E-state index in [0.29, 0.717) is 0 Å². The zero-order valence-corrected chi connectivity index (χ0v) is 10.7. The molecule has 1 aromatic rings. The molecule has 0 radical (unpaired) electrons. The molecule has 3 heteroatoms. The lowest BCUT2D eigenvalue weighted by Crippen LogP contribution is -1.83. The van der Waals surface area contributed by atoms with E-state index in [1.165, 1.54) is 12.8 Å². The minimum atomic E-state index is 0.0521. The minimum absolute atomic E-state index is 0.0521. The van der Waals surface area contributed by atoms with Gasteiger partial charge in [-0.3, -0.25) is 0 Å². The molecule has 1 aliphatic rings. The third-order valence-corrected chi connectivity index (χ3v) is 6.46. The molecule has 3 atom stereocenters. The summed E-state index contributed by atoms with van der Waals surface area (Å²) in [6, 6.07) is 8.86. The van der Waals surface area contributed by atoms with E-state index in [2.05, 4.69) is 48.7 Å². The second kappa shape index (κ2) is 3.74. The van der Waals surface area contributed by atoms with Gasteiger partial charge in [-0.2, -0.15) is 0 Å². The summed E-state index contributed by atoms with van der Waals surface area (Å²) in [7, 11) is 2.11. The summed E-state index contributed by atoms with van der Waals surface area (Å²) in [5.41, 5.74) is 3.98. The van der Waals surface area contributed by atoms with Crippen molar-refractivity contribution >= 4 is 30.7 Å². The van der Waals surface area contributed by atoms with Crippen LogP contribution in [0.5, 0.6) is 0 Å². The van der Waals surface area contributed by atoms with E-state index in [-0.39, 0.29) is 6.31 Å². The number of rotatable bonds is 1. The lowest BCUT2D eigenvalue weighted by molar-refractivity contribution is 0.890. The number of hydrogen-bond acceptors (Lipinski definition) is 0. The molecule has 0 nitrogen and oxygen atoms in total. The third kappa shape index (κ3) is 1.60. The molecular formula is C9H12BrP2+. The van der Waals surface area contributed by atoms with E-state index in [0.717, 1.165) is 5.66 Å². The van der Waals surface area contributed by atoms with Gasteiger partial charge in [0.25, 0.3) is 0 Å². The highest BCUT2D eigenvalue weighted by Gasteiger charge is 2.28. The van der Waals surface area contributed by atoms with Crippen molar-refractivity contribution in [2.75, 3.05) is 0 Å². The van der Waals surface area contributed by atoms with Gasteiger partial charge in [0.1, 0.15) is 6.31 Å². The molecule has 0 saturated carbocycles. The second-order valence-electron chi connectivity index (χ2n) is 3.15. The van der Waals surface area contributed by atoms with Crippen LogP contribution < -0.4 is 0 Å². The van der Waals surface area contributed by atoms with Crippen LogP contribution in [0.4, 0.5) is 0 Å². The van der Waals surface area contributed by atoms with Gasteiger partial charge < -0.3 is 0 Å². The average molecular weight is 262 g/mol. The lowest BCUT2D eigenvalue weighted by Gasteiger charge is -2.08. The van der Waals surface area contributed by atoms with Gasteiger partial charge in [0.15, 0.2) is 0 Å². The summed E-state index contributed by atoms with van der Waals surface area (Å²) < 4.78 is 0. The molecule has 0 saturated heterocycles. The largest absolute Gasteiger partial charge is 0.124 e. The zero-order valence-electron chi connectivity index (χ0n) is 6.83. The number of hydrogen-bond donors (Lipinski definition) is 0. The van der Waals surface area contributed by atoms with Gasteiger partial charge >= 0.3 is 0 Å². The fourth-order valence-corrected chi connectivity index (χ4v) is 5.20. The normalized spacial score (nSPS) is 23.9. The quantitative estimate of drug-likeness (QED) is 0.671. The van der Waals surface area contributed by atoms with Gasteiger partial charge in [0.05, 0.1) is 0 Å². The maximum Gasteiger partial charge on any atom is 0.124 e. The number of halogens is 1. The first-order chi connectivity index (χ1) is 5.79. The molecule has 3 unspecified atom stereocenters. The Morgan fingerprint density at radius 2 is 2.17 bits per heavy atom. The van der Waals surface area contributed by atoms with Gasteiger partial charge in [-0.15, -0.1) is 0 Å². The number of fused-ring (bicyclic) bond motifs is 1. The van der Waals surface area contributed by atoms with Crippen LogP contribution >= 0.6 is 30.7 Å². The number of aryl methyl sites for hydroxylation is 1. The highest BCUT2D eigenvalue weighted by molar-refractivity contribution is 9.44. The van der Waals surface area contributed by atoms with Crippen LogP contribution in [0.1, 0.15) is 23.2 Å². The Hall–Kier alpha value is 0.560. The monoisotopic (exact) mass is 261 g/mol. The van der Waals surface area contributed by atoms with Crippen LogP contribution in [0.3, 0.4) is 0 Å². The molecule has 0 aliphatic heterocycles. The Kier molecular flexibility index (Phi) is 2.85. The molecule has 0 bridgehead atoms. The van der Waals surface area contributed by atoms with Crippen molar-refractivity contribution < 1.29 is 0 Å². The van der Waals surface area contributed by atoms with Gasteiger partial charge in [0.2, 0.25) is 0 Å². The first-order valence-electron chi connectivity index (χ1n) is 4.12. The SMILES string of the molecule is [PH3+]P(Br)C1CCc2ccccc21. The van der Waals surface area contributed by atoms with Crippen molar-refractivity contribution in [1.82, 2.24) is 0 Å². The number of benzene rings is 1. The molecule has 2 rings (SSSR count). The fourth-order valence-electron chi connectivity index (χ4n) is 1.83. The van der Waals surface area contributed by atoms with E-state index in [4.69, 9.17) is 0 Å². The zero-order chi connectivity index (χ0) is 8.55. The van der Waals surface area contributed by atoms with E-state index in [9.17, 15) is 0 Å². The Balaban J connectivity index is 2.36. The van der Waals surface area contributed by atoms with Gasteiger partial charge in [-0.05, 0) is 39.5 Å². The Morgan fingerprint density at radius 3 is 2.92 bits per heavy atom. The molecule has 1 aromatic carbocycles. The van der Waals surface area contributed by atoms with Crippen molar-refractivity contribution in [3.8, 4) is 0 Å². The van der Waals surface area contributed by atoms with Crippen molar-refractivity contribution in [1.29, 1.82) is 0 Å². The van der Waals surface area contributed by atoms with E-state index in [1.807, 2.05) is 0 Å². The topological polar surface area (TPSA) is 0 Å². The third-order valence-electron chi connectivity index (χ3n) is 2.44. The maximum atomic E-state index is 3.75. The Bertz CT molecular complexity index is 286. The molecule has 0 N–H and O–H groups in total. The molecule has 0 fully saturated rings. The fraction of sp³-hybridized carbons (Fsp3) is 0.333. The van der Waals surface area contributed by atoms with Gasteiger partial charge in [-0.1, -0.05) is 24.3 Å². The van der Waals surface area contributed by atoms with Crippen molar-refractivity contribution in [3.63, 3.8) is 0 Å². The first kappa shape index (κ1) is 9.13. The van der Waals surface area contributed by atoms with Crippen LogP contribution in [0.2, 0.25) is 0 Å². The van der Waals surface area contributed by atoms with Crippen LogP contribution in [-0.2, 0) is 6.42 Å². The summed E-state index contributed by atoms with van der Waals surface area (Å²) in [6.45, 7) is 0. The molecule has 0 spiro atoms. The standard InChI is InChI=1S/C9H11BrP2/c10-12(11)9-6-5-7-3-1-2-4-8(7)9/h1-4,9H,5-6,11H2/p+1. The summed E-state index contributed by atoms with van der Waals surface area (Å²) in [4.78, 5) is 0. The second-order valence-corrected chi connectivity index (χ2v) is 12.1. The van der Waals surface area contributed by atoms with Crippen molar-refractivity contribution in [2.24, 2.45) is 0 Å². The molecule has 12 heavy (non-hydrogen) atoms.